The number of nitrogens with two attached hydrogens (primary N) is 1. The maximum atomic E-state index is 12.2. The van der Waals surface area contributed by atoms with E-state index in [2.05, 4.69) is 10.6 Å². The molecule has 102 valence electrons. The molecule has 0 aromatic rings. The van der Waals surface area contributed by atoms with Gasteiger partial charge in [-0.25, -0.2) is 0 Å². The van der Waals surface area contributed by atoms with E-state index in [9.17, 15) is 9.59 Å². The Bertz CT molecular complexity index is 324. The van der Waals surface area contributed by atoms with Crippen LogP contribution in [0.2, 0.25) is 0 Å². The minimum atomic E-state index is -0.759. The van der Waals surface area contributed by atoms with Crippen molar-refractivity contribution in [2.75, 3.05) is 6.54 Å². The van der Waals surface area contributed by atoms with Crippen molar-refractivity contribution in [2.45, 2.75) is 62.9 Å². The molecule has 0 radical (unpaired) electrons. The SMILES string of the molecule is NC1(C(=O)NC2CCCCNC2=O)CCCCC1. The zero-order valence-corrected chi connectivity index (χ0v) is 10.8. The monoisotopic (exact) mass is 253 g/mol. The summed E-state index contributed by atoms with van der Waals surface area (Å²) in [5, 5.41) is 5.66. The summed E-state index contributed by atoms with van der Waals surface area (Å²) in [6.07, 6.45) is 7.26. The van der Waals surface area contributed by atoms with Gasteiger partial charge in [-0.3, -0.25) is 9.59 Å². The maximum Gasteiger partial charge on any atom is 0.242 e. The Balaban J connectivity index is 1.94. The fourth-order valence-corrected chi connectivity index (χ4v) is 2.79. The quantitative estimate of drug-likeness (QED) is 0.667. The standard InChI is InChI=1S/C13H23N3O2/c14-13(7-3-1-4-8-13)12(18)16-10-6-2-5-9-15-11(10)17/h10H,1-9,14H2,(H,15,17)(H,16,18). The Kier molecular flexibility index (Phi) is 4.22. The number of nitrogens with one attached hydrogen (secondary N) is 2. The summed E-state index contributed by atoms with van der Waals surface area (Å²) in [6.45, 7) is 0.707. The highest BCUT2D eigenvalue weighted by molar-refractivity contribution is 5.92. The highest BCUT2D eigenvalue weighted by Gasteiger charge is 2.37. The molecule has 2 fully saturated rings. The minimum Gasteiger partial charge on any atom is -0.354 e. The third kappa shape index (κ3) is 3.02. The molecule has 1 saturated carbocycles. The molecule has 2 rings (SSSR count). The lowest BCUT2D eigenvalue weighted by atomic mass is 9.81. The Hall–Kier alpha value is -1.10. The van der Waals surface area contributed by atoms with Gasteiger partial charge >= 0.3 is 0 Å². The van der Waals surface area contributed by atoms with Crippen LogP contribution in [-0.4, -0.2) is 29.9 Å². The van der Waals surface area contributed by atoms with Gasteiger partial charge in [0.1, 0.15) is 6.04 Å². The predicted molar refractivity (Wildman–Crippen MR) is 68.8 cm³/mol. The molecule has 5 heteroatoms. The topological polar surface area (TPSA) is 84.2 Å². The second kappa shape index (κ2) is 5.69. The highest BCUT2D eigenvalue weighted by atomic mass is 16.2. The summed E-state index contributed by atoms with van der Waals surface area (Å²) in [7, 11) is 0. The number of hydrogen-bond donors (Lipinski definition) is 3. The maximum absolute atomic E-state index is 12.2. The molecule has 1 saturated heterocycles. The van der Waals surface area contributed by atoms with E-state index in [0.717, 1.165) is 44.9 Å². The molecule has 1 unspecified atom stereocenters. The lowest BCUT2D eigenvalue weighted by Gasteiger charge is -2.33. The first-order valence-corrected chi connectivity index (χ1v) is 6.99. The largest absolute Gasteiger partial charge is 0.354 e. The van der Waals surface area contributed by atoms with Gasteiger partial charge in [0, 0.05) is 6.54 Å². The molecule has 1 aliphatic heterocycles. The van der Waals surface area contributed by atoms with Crippen molar-refractivity contribution >= 4 is 11.8 Å². The molecule has 5 nitrogen and oxygen atoms in total. The van der Waals surface area contributed by atoms with Crippen molar-refractivity contribution in [3.05, 3.63) is 0 Å². The molecule has 0 aromatic carbocycles. The van der Waals surface area contributed by atoms with E-state index in [4.69, 9.17) is 5.73 Å². The number of carbonyl (C=O) groups excluding carboxylic acids is 2. The van der Waals surface area contributed by atoms with Crippen LogP contribution < -0.4 is 16.4 Å². The van der Waals surface area contributed by atoms with Crippen molar-refractivity contribution in [1.29, 1.82) is 0 Å². The van der Waals surface area contributed by atoms with Gasteiger partial charge in [-0.15, -0.1) is 0 Å². The average Bonchev–Trinajstić information content (AvgIpc) is 2.56. The molecule has 0 aromatic heterocycles. The molecule has 4 N–H and O–H groups in total. The molecule has 0 bridgehead atoms. The van der Waals surface area contributed by atoms with E-state index in [-0.39, 0.29) is 11.8 Å². The van der Waals surface area contributed by atoms with Gasteiger partial charge in [0.05, 0.1) is 5.54 Å². The first-order chi connectivity index (χ1) is 8.62. The predicted octanol–water partition coefficient (Wildman–Crippen LogP) is 0.433. The van der Waals surface area contributed by atoms with E-state index in [1.807, 2.05) is 0 Å². The summed E-state index contributed by atoms with van der Waals surface area (Å²) in [4.78, 5) is 24.0. The molecule has 1 atom stereocenters. The zero-order chi connectivity index (χ0) is 13.0. The molecule has 0 spiro atoms. The van der Waals surface area contributed by atoms with Gasteiger partial charge in [-0.05, 0) is 32.1 Å². The lowest BCUT2D eigenvalue weighted by molar-refractivity contribution is -0.132. The fourth-order valence-electron chi connectivity index (χ4n) is 2.79. The van der Waals surface area contributed by atoms with Gasteiger partial charge in [-0.2, -0.15) is 0 Å². The first kappa shape index (κ1) is 13.3. The number of hydrogen-bond acceptors (Lipinski definition) is 3. The summed E-state index contributed by atoms with van der Waals surface area (Å²) in [6, 6.07) is -0.401. The normalized spacial score (nSPS) is 28.1. The Morgan fingerprint density at radius 2 is 1.94 bits per heavy atom. The van der Waals surface area contributed by atoms with Crippen molar-refractivity contribution in [2.24, 2.45) is 5.73 Å². The molecule has 1 aliphatic carbocycles. The lowest BCUT2D eigenvalue weighted by Crippen LogP contribution is -2.59. The van der Waals surface area contributed by atoms with Gasteiger partial charge < -0.3 is 16.4 Å². The van der Waals surface area contributed by atoms with Gasteiger partial charge in [0.15, 0.2) is 0 Å². The van der Waals surface area contributed by atoms with Crippen LogP contribution in [-0.2, 0) is 9.59 Å². The first-order valence-electron chi connectivity index (χ1n) is 6.99. The van der Waals surface area contributed by atoms with Crippen molar-refractivity contribution in [1.82, 2.24) is 10.6 Å². The molecular weight excluding hydrogens is 230 g/mol. The number of amides is 2. The third-order valence-corrected chi connectivity index (χ3v) is 4.04. The fraction of sp³-hybridized carbons (Fsp3) is 0.846. The summed E-state index contributed by atoms with van der Waals surface area (Å²) < 4.78 is 0. The van der Waals surface area contributed by atoms with Crippen LogP contribution in [0.25, 0.3) is 0 Å². The van der Waals surface area contributed by atoms with Crippen LogP contribution in [0.4, 0.5) is 0 Å². The summed E-state index contributed by atoms with van der Waals surface area (Å²) in [5.41, 5.74) is 5.40. The van der Waals surface area contributed by atoms with Gasteiger partial charge in [-0.1, -0.05) is 19.3 Å². The second-order valence-corrected chi connectivity index (χ2v) is 5.53. The van der Waals surface area contributed by atoms with Crippen LogP contribution in [0.3, 0.4) is 0 Å². The van der Waals surface area contributed by atoms with E-state index in [1.165, 1.54) is 0 Å². The Labute approximate surface area is 108 Å². The molecule has 2 amide bonds. The number of rotatable bonds is 2. The summed E-state index contributed by atoms with van der Waals surface area (Å²) in [5.74, 6) is -0.218. The summed E-state index contributed by atoms with van der Waals surface area (Å²) >= 11 is 0. The van der Waals surface area contributed by atoms with Crippen LogP contribution in [0, 0.1) is 0 Å². The number of carbonyl (C=O) groups is 2. The molecule has 1 heterocycles. The minimum absolute atomic E-state index is 0.0692. The van der Waals surface area contributed by atoms with Crippen molar-refractivity contribution < 1.29 is 9.59 Å². The van der Waals surface area contributed by atoms with E-state index < -0.39 is 11.6 Å². The Morgan fingerprint density at radius 3 is 2.67 bits per heavy atom. The third-order valence-electron chi connectivity index (χ3n) is 4.04. The van der Waals surface area contributed by atoms with Crippen LogP contribution in [0.15, 0.2) is 0 Å². The van der Waals surface area contributed by atoms with E-state index in [0.29, 0.717) is 13.0 Å². The van der Waals surface area contributed by atoms with Crippen molar-refractivity contribution in [3.8, 4) is 0 Å². The van der Waals surface area contributed by atoms with Gasteiger partial charge in [0.2, 0.25) is 11.8 Å². The molecule has 2 aliphatic rings. The van der Waals surface area contributed by atoms with Crippen LogP contribution in [0.5, 0.6) is 0 Å². The second-order valence-electron chi connectivity index (χ2n) is 5.53. The van der Waals surface area contributed by atoms with Crippen LogP contribution in [0.1, 0.15) is 51.4 Å². The van der Waals surface area contributed by atoms with E-state index >= 15 is 0 Å². The zero-order valence-electron chi connectivity index (χ0n) is 10.8. The Morgan fingerprint density at radius 1 is 1.22 bits per heavy atom. The smallest absolute Gasteiger partial charge is 0.242 e. The molecule has 18 heavy (non-hydrogen) atoms. The van der Waals surface area contributed by atoms with E-state index in [1.54, 1.807) is 0 Å². The van der Waals surface area contributed by atoms with Crippen LogP contribution >= 0.6 is 0 Å². The molecular formula is C13H23N3O2. The average molecular weight is 253 g/mol. The van der Waals surface area contributed by atoms with Gasteiger partial charge in [0.25, 0.3) is 0 Å². The highest BCUT2D eigenvalue weighted by Crippen LogP contribution is 2.26. The van der Waals surface area contributed by atoms with Crippen molar-refractivity contribution in [3.63, 3.8) is 0 Å².